The maximum absolute atomic E-state index is 5.51. The Hall–Kier alpha value is -1.69. The summed E-state index contributed by atoms with van der Waals surface area (Å²) in [6.07, 6.45) is 12.2. The average molecular weight is 315 g/mol. The fraction of sp³-hybridized carbons (Fsp3) is 0.706. The second-order valence-electron chi connectivity index (χ2n) is 6.89. The van der Waals surface area contributed by atoms with Gasteiger partial charge in [-0.3, -0.25) is 0 Å². The molecule has 1 saturated heterocycles. The van der Waals surface area contributed by atoms with Crippen LogP contribution < -0.4 is 0 Å². The molecule has 23 heavy (non-hydrogen) atoms. The molecule has 0 spiro atoms. The molecule has 1 N–H and O–H groups in total. The third kappa shape index (κ3) is 3.47. The second kappa shape index (κ2) is 6.83. The van der Waals surface area contributed by atoms with Crippen LogP contribution in [0.5, 0.6) is 0 Å². The van der Waals surface area contributed by atoms with Gasteiger partial charge in [0.05, 0.1) is 12.9 Å². The molecule has 0 aromatic carbocycles. The summed E-state index contributed by atoms with van der Waals surface area (Å²) in [5.41, 5.74) is 1.09. The summed E-state index contributed by atoms with van der Waals surface area (Å²) >= 11 is 0. The summed E-state index contributed by atoms with van der Waals surface area (Å²) in [5.74, 6) is 3.14. The summed E-state index contributed by atoms with van der Waals surface area (Å²) < 4.78 is 7.67. The van der Waals surface area contributed by atoms with Crippen molar-refractivity contribution in [2.75, 3.05) is 13.2 Å². The smallest absolute Gasteiger partial charge is 0.156 e. The summed E-state index contributed by atoms with van der Waals surface area (Å²) in [7, 11) is 0. The topological polar surface area (TPSA) is 68.6 Å². The van der Waals surface area contributed by atoms with E-state index in [2.05, 4.69) is 14.6 Å². The maximum atomic E-state index is 5.51. The molecule has 1 saturated carbocycles. The van der Waals surface area contributed by atoms with Gasteiger partial charge in [-0.25, -0.2) is 14.6 Å². The highest BCUT2D eigenvalue weighted by atomic mass is 16.5. The van der Waals surface area contributed by atoms with Crippen LogP contribution in [0.3, 0.4) is 0 Å². The van der Waals surface area contributed by atoms with Crippen molar-refractivity contribution in [2.24, 2.45) is 5.92 Å². The molecule has 124 valence electrons. The van der Waals surface area contributed by atoms with E-state index in [-0.39, 0.29) is 0 Å². The minimum absolute atomic E-state index is 0.364. The monoisotopic (exact) mass is 315 g/mol. The molecular weight excluding hydrogens is 290 g/mol. The van der Waals surface area contributed by atoms with E-state index in [1.807, 2.05) is 6.20 Å². The van der Waals surface area contributed by atoms with Gasteiger partial charge in [0.15, 0.2) is 5.82 Å². The Balaban J connectivity index is 1.55. The Kier molecular flexibility index (Phi) is 4.41. The maximum Gasteiger partial charge on any atom is 0.156 e. The van der Waals surface area contributed by atoms with Gasteiger partial charge < -0.3 is 9.72 Å². The van der Waals surface area contributed by atoms with Crippen molar-refractivity contribution < 1.29 is 4.74 Å². The van der Waals surface area contributed by atoms with Crippen LogP contribution in [-0.4, -0.2) is 37.9 Å². The molecule has 6 nitrogen and oxygen atoms in total. The molecular formula is C17H25N5O. The number of ether oxygens (including phenoxy) is 1. The van der Waals surface area contributed by atoms with Crippen molar-refractivity contribution in [1.29, 1.82) is 0 Å². The third-order valence-electron chi connectivity index (χ3n) is 5.12. The highest BCUT2D eigenvalue weighted by Gasteiger charge is 2.25. The van der Waals surface area contributed by atoms with Crippen LogP contribution in [0.1, 0.15) is 61.8 Å². The average Bonchev–Trinajstić information content (AvgIpc) is 3.31. The van der Waals surface area contributed by atoms with Gasteiger partial charge >= 0.3 is 0 Å². The normalized spacial score (nSPS) is 22.7. The van der Waals surface area contributed by atoms with E-state index in [9.17, 15) is 0 Å². The van der Waals surface area contributed by atoms with Crippen molar-refractivity contribution in [3.05, 3.63) is 29.9 Å². The van der Waals surface area contributed by atoms with E-state index in [0.717, 1.165) is 55.9 Å². The number of H-pyrrole nitrogens is 1. The van der Waals surface area contributed by atoms with Crippen LogP contribution in [-0.2, 0) is 17.7 Å². The van der Waals surface area contributed by atoms with Crippen molar-refractivity contribution in [2.45, 2.75) is 57.4 Å². The molecule has 3 heterocycles. The van der Waals surface area contributed by atoms with Crippen molar-refractivity contribution in [1.82, 2.24) is 24.7 Å². The van der Waals surface area contributed by atoms with E-state index in [1.165, 1.54) is 32.1 Å². The predicted octanol–water partition coefficient (Wildman–Crippen LogP) is 2.68. The Morgan fingerprint density at radius 3 is 2.87 bits per heavy atom. The number of nitrogens with one attached hydrogen (secondary N) is 1. The minimum atomic E-state index is 0.364. The number of aromatic nitrogens is 5. The zero-order valence-electron chi connectivity index (χ0n) is 13.6. The Labute approximate surface area is 136 Å². The predicted molar refractivity (Wildman–Crippen MR) is 86.2 cm³/mol. The number of imidazole rings is 1. The SMILES string of the molecule is c1ncc(Cc2nc([C@H]3CCOC3)nn2CC2CCCCC2)[nH]1. The van der Waals surface area contributed by atoms with Crippen LogP contribution in [0.4, 0.5) is 0 Å². The summed E-state index contributed by atoms with van der Waals surface area (Å²) in [6, 6.07) is 0. The van der Waals surface area contributed by atoms with Gasteiger partial charge in [0.25, 0.3) is 0 Å². The van der Waals surface area contributed by atoms with Crippen molar-refractivity contribution in [3.63, 3.8) is 0 Å². The molecule has 1 aliphatic heterocycles. The van der Waals surface area contributed by atoms with Gasteiger partial charge in [0.2, 0.25) is 0 Å². The van der Waals surface area contributed by atoms with Crippen LogP contribution in [0.25, 0.3) is 0 Å². The lowest BCUT2D eigenvalue weighted by Gasteiger charge is -2.21. The van der Waals surface area contributed by atoms with Gasteiger partial charge in [-0.2, -0.15) is 5.10 Å². The minimum Gasteiger partial charge on any atom is -0.381 e. The Bertz CT molecular complexity index is 609. The van der Waals surface area contributed by atoms with E-state index < -0.39 is 0 Å². The third-order valence-corrected chi connectivity index (χ3v) is 5.12. The zero-order chi connectivity index (χ0) is 15.5. The lowest BCUT2D eigenvalue weighted by atomic mass is 9.89. The molecule has 6 heteroatoms. The molecule has 2 aromatic heterocycles. The van der Waals surface area contributed by atoms with Gasteiger partial charge in [0, 0.05) is 37.4 Å². The lowest BCUT2D eigenvalue weighted by molar-refractivity contribution is 0.193. The summed E-state index contributed by atoms with van der Waals surface area (Å²) in [6.45, 7) is 2.60. The largest absolute Gasteiger partial charge is 0.381 e. The molecule has 0 bridgehead atoms. The number of hydrogen-bond donors (Lipinski definition) is 1. The molecule has 1 aliphatic carbocycles. The van der Waals surface area contributed by atoms with Crippen molar-refractivity contribution >= 4 is 0 Å². The molecule has 2 aliphatic rings. The van der Waals surface area contributed by atoms with Gasteiger partial charge in [-0.1, -0.05) is 19.3 Å². The Morgan fingerprint density at radius 2 is 2.13 bits per heavy atom. The summed E-state index contributed by atoms with van der Waals surface area (Å²) in [5, 5.41) is 4.86. The molecule has 4 rings (SSSR count). The quantitative estimate of drug-likeness (QED) is 0.921. The van der Waals surface area contributed by atoms with Gasteiger partial charge in [-0.05, 0) is 25.2 Å². The lowest BCUT2D eigenvalue weighted by Crippen LogP contribution is -2.17. The first-order chi connectivity index (χ1) is 11.4. The molecule has 1 atom stereocenters. The van der Waals surface area contributed by atoms with Crippen LogP contribution in [0.2, 0.25) is 0 Å². The van der Waals surface area contributed by atoms with E-state index in [4.69, 9.17) is 14.8 Å². The van der Waals surface area contributed by atoms with Crippen LogP contribution >= 0.6 is 0 Å². The molecule has 0 radical (unpaired) electrons. The van der Waals surface area contributed by atoms with Gasteiger partial charge in [0.1, 0.15) is 5.82 Å². The van der Waals surface area contributed by atoms with E-state index in [1.54, 1.807) is 6.33 Å². The number of aromatic amines is 1. The standard InChI is InChI=1S/C17H25N5O/c1-2-4-13(5-3-1)10-22-16(8-15-9-18-12-19-15)20-17(21-22)14-6-7-23-11-14/h9,12-14H,1-8,10-11H2,(H,18,19)/t14-/m0/s1. The number of hydrogen-bond acceptors (Lipinski definition) is 4. The highest BCUT2D eigenvalue weighted by molar-refractivity contribution is 5.09. The summed E-state index contributed by atoms with van der Waals surface area (Å²) in [4.78, 5) is 12.1. The molecule has 2 aromatic rings. The second-order valence-corrected chi connectivity index (χ2v) is 6.89. The van der Waals surface area contributed by atoms with Crippen LogP contribution in [0.15, 0.2) is 12.5 Å². The van der Waals surface area contributed by atoms with E-state index in [0.29, 0.717) is 5.92 Å². The molecule has 2 fully saturated rings. The first kappa shape index (κ1) is 14.9. The van der Waals surface area contributed by atoms with Crippen LogP contribution in [0, 0.1) is 5.92 Å². The Morgan fingerprint density at radius 1 is 1.22 bits per heavy atom. The highest BCUT2D eigenvalue weighted by Crippen LogP contribution is 2.27. The number of rotatable bonds is 5. The fourth-order valence-electron chi connectivity index (χ4n) is 3.75. The number of nitrogens with zero attached hydrogens (tertiary/aromatic N) is 4. The zero-order valence-corrected chi connectivity index (χ0v) is 13.6. The van der Waals surface area contributed by atoms with Gasteiger partial charge in [-0.15, -0.1) is 0 Å². The van der Waals surface area contributed by atoms with E-state index >= 15 is 0 Å². The first-order valence-electron chi connectivity index (χ1n) is 8.87. The molecule has 0 unspecified atom stereocenters. The van der Waals surface area contributed by atoms with Crippen molar-refractivity contribution in [3.8, 4) is 0 Å². The fourth-order valence-corrected chi connectivity index (χ4v) is 3.75. The first-order valence-corrected chi connectivity index (χ1v) is 8.87. The molecule has 0 amide bonds.